The van der Waals surface area contributed by atoms with E-state index in [1.807, 2.05) is 0 Å². The Morgan fingerprint density at radius 1 is 0.963 bits per heavy atom. The fourth-order valence-corrected chi connectivity index (χ4v) is 2.48. The molecule has 0 aliphatic carbocycles. The first-order valence-corrected chi connectivity index (χ1v) is 7.68. The molecule has 0 saturated carbocycles. The van der Waals surface area contributed by atoms with Gasteiger partial charge in [-0.2, -0.15) is 0 Å². The minimum absolute atomic E-state index is 0.307. The molecule has 0 amide bonds. The summed E-state index contributed by atoms with van der Waals surface area (Å²) in [5, 5.41) is 4.35. The molecule has 4 aromatic rings. The molecule has 4 rings (SSSR count). The second-order valence-corrected chi connectivity index (χ2v) is 5.55. The van der Waals surface area contributed by atoms with Crippen molar-refractivity contribution in [1.29, 1.82) is 0 Å². The highest BCUT2D eigenvalue weighted by Crippen LogP contribution is 2.24. The lowest BCUT2D eigenvalue weighted by molar-refractivity contribution is -0.274. The maximum atomic E-state index is 12.2. The average Bonchev–Trinajstić information content (AvgIpc) is 3.10. The highest BCUT2D eigenvalue weighted by Gasteiger charge is 2.30. The van der Waals surface area contributed by atoms with E-state index in [4.69, 9.17) is 5.73 Å². The molecule has 2 N–H and O–H groups in total. The van der Waals surface area contributed by atoms with Crippen LogP contribution in [0.15, 0.2) is 55.0 Å². The van der Waals surface area contributed by atoms with Gasteiger partial charge in [0.2, 0.25) is 0 Å². The van der Waals surface area contributed by atoms with E-state index in [0.29, 0.717) is 28.4 Å². The summed E-state index contributed by atoms with van der Waals surface area (Å²) in [6, 6.07) is 10.7. The Hall–Kier alpha value is -3.69. The Balaban J connectivity index is 1.61. The number of hydrogen-bond donors (Lipinski definition) is 1. The van der Waals surface area contributed by atoms with Crippen molar-refractivity contribution >= 4 is 16.9 Å². The van der Waals surface area contributed by atoms with Crippen LogP contribution in [0.1, 0.15) is 0 Å². The van der Waals surface area contributed by atoms with Crippen LogP contribution in [-0.2, 0) is 0 Å². The zero-order chi connectivity index (χ0) is 19.0. The van der Waals surface area contributed by atoms with Gasteiger partial charge in [0.25, 0.3) is 0 Å². The average molecular weight is 372 g/mol. The highest BCUT2D eigenvalue weighted by molar-refractivity contribution is 5.80. The molecule has 0 aliphatic rings. The molecule has 0 unspecified atom stereocenters. The monoisotopic (exact) mass is 372 g/mol. The van der Waals surface area contributed by atoms with Gasteiger partial charge in [-0.3, -0.25) is 4.98 Å². The number of aromatic nitrogens is 5. The van der Waals surface area contributed by atoms with Crippen molar-refractivity contribution in [3.05, 3.63) is 55.0 Å². The van der Waals surface area contributed by atoms with Gasteiger partial charge in [0, 0.05) is 5.56 Å². The van der Waals surface area contributed by atoms with Crippen LogP contribution in [0.5, 0.6) is 5.75 Å². The van der Waals surface area contributed by atoms with Crippen LogP contribution in [0.3, 0.4) is 0 Å². The lowest BCUT2D eigenvalue weighted by Crippen LogP contribution is -2.17. The molecular weight excluding hydrogens is 361 g/mol. The van der Waals surface area contributed by atoms with Crippen LogP contribution >= 0.6 is 0 Å². The van der Waals surface area contributed by atoms with Crippen molar-refractivity contribution in [3.8, 4) is 22.8 Å². The second kappa shape index (κ2) is 6.24. The number of alkyl halides is 3. The lowest BCUT2D eigenvalue weighted by atomic mass is 10.2. The Labute approximate surface area is 150 Å². The SMILES string of the molecule is Nc1cnc2cc(-c3ncn(-c4ccc(OC(F)(F)F)cc4)n3)ccc2n1. The summed E-state index contributed by atoms with van der Waals surface area (Å²) in [6.45, 7) is 0. The predicted octanol–water partition coefficient (Wildman–Crippen LogP) is 3.36. The van der Waals surface area contributed by atoms with E-state index in [2.05, 4.69) is 24.8 Å². The van der Waals surface area contributed by atoms with Gasteiger partial charge in [-0.1, -0.05) is 0 Å². The fourth-order valence-electron chi connectivity index (χ4n) is 2.48. The van der Waals surface area contributed by atoms with Crippen molar-refractivity contribution in [2.45, 2.75) is 6.36 Å². The Bertz CT molecular complexity index is 1110. The van der Waals surface area contributed by atoms with Crippen molar-refractivity contribution in [2.24, 2.45) is 0 Å². The maximum Gasteiger partial charge on any atom is 0.573 e. The van der Waals surface area contributed by atoms with E-state index in [-0.39, 0.29) is 5.75 Å². The number of halogens is 3. The summed E-state index contributed by atoms with van der Waals surface area (Å²) in [6.07, 6.45) is -1.80. The number of nitrogens with zero attached hydrogens (tertiary/aromatic N) is 5. The number of anilines is 1. The molecule has 0 spiro atoms. The van der Waals surface area contributed by atoms with Crippen LogP contribution in [-0.4, -0.2) is 31.1 Å². The van der Waals surface area contributed by atoms with Crippen molar-refractivity contribution in [1.82, 2.24) is 24.7 Å². The van der Waals surface area contributed by atoms with E-state index in [1.54, 1.807) is 18.2 Å². The number of rotatable bonds is 3. The Morgan fingerprint density at radius 3 is 2.48 bits per heavy atom. The van der Waals surface area contributed by atoms with E-state index in [1.165, 1.54) is 41.5 Å². The molecule has 2 aromatic heterocycles. The van der Waals surface area contributed by atoms with Crippen LogP contribution in [0, 0.1) is 0 Å². The zero-order valence-corrected chi connectivity index (χ0v) is 13.6. The largest absolute Gasteiger partial charge is 0.573 e. The third-order valence-corrected chi connectivity index (χ3v) is 3.65. The minimum Gasteiger partial charge on any atom is -0.406 e. The first-order chi connectivity index (χ1) is 12.9. The van der Waals surface area contributed by atoms with Gasteiger partial charge < -0.3 is 10.5 Å². The number of benzene rings is 2. The molecule has 136 valence electrons. The number of ether oxygens (including phenoxy) is 1. The van der Waals surface area contributed by atoms with Crippen molar-refractivity contribution in [2.75, 3.05) is 5.73 Å². The standard InChI is InChI=1S/C17H11F3N6O/c18-17(19,20)27-12-4-2-11(3-5-12)26-9-23-16(25-26)10-1-6-13-14(7-10)22-8-15(21)24-13/h1-9H,(H2,21,24). The fraction of sp³-hybridized carbons (Fsp3) is 0.0588. The van der Waals surface area contributed by atoms with E-state index >= 15 is 0 Å². The topological polar surface area (TPSA) is 91.7 Å². The van der Waals surface area contributed by atoms with Gasteiger partial charge in [-0.05, 0) is 42.5 Å². The molecule has 2 heterocycles. The molecule has 0 fully saturated rings. The summed E-state index contributed by atoms with van der Waals surface area (Å²) in [7, 11) is 0. The smallest absolute Gasteiger partial charge is 0.406 e. The van der Waals surface area contributed by atoms with Crippen LogP contribution in [0.2, 0.25) is 0 Å². The minimum atomic E-state index is -4.73. The van der Waals surface area contributed by atoms with Crippen molar-refractivity contribution in [3.63, 3.8) is 0 Å². The van der Waals surface area contributed by atoms with E-state index < -0.39 is 6.36 Å². The van der Waals surface area contributed by atoms with Gasteiger partial charge in [0.1, 0.15) is 17.9 Å². The normalized spacial score (nSPS) is 11.7. The molecular formula is C17H11F3N6O. The molecule has 0 atom stereocenters. The van der Waals surface area contributed by atoms with Crippen LogP contribution < -0.4 is 10.5 Å². The number of fused-ring (bicyclic) bond motifs is 1. The van der Waals surface area contributed by atoms with Crippen LogP contribution in [0.4, 0.5) is 19.0 Å². The quantitative estimate of drug-likeness (QED) is 0.593. The third kappa shape index (κ3) is 3.64. The first kappa shape index (κ1) is 16.8. The molecule has 7 nitrogen and oxygen atoms in total. The summed E-state index contributed by atoms with van der Waals surface area (Å²) in [4.78, 5) is 12.6. The van der Waals surface area contributed by atoms with Gasteiger partial charge in [0.15, 0.2) is 5.82 Å². The van der Waals surface area contributed by atoms with Crippen LogP contribution in [0.25, 0.3) is 28.1 Å². The summed E-state index contributed by atoms with van der Waals surface area (Å²) < 4.78 is 42.0. The first-order valence-electron chi connectivity index (χ1n) is 7.68. The summed E-state index contributed by atoms with van der Waals surface area (Å²) >= 11 is 0. The van der Waals surface area contributed by atoms with Gasteiger partial charge >= 0.3 is 6.36 Å². The molecule has 27 heavy (non-hydrogen) atoms. The highest BCUT2D eigenvalue weighted by atomic mass is 19.4. The summed E-state index contributed by atoms with van der Waals surface area (Å²) in [5.41, 5.74) is 8.17. The van der Waals surface area contributed by atoms with E-state index in [0.717, 1.165) is 5.56 Å². The molecule has 0 aliphatic heterocycles. The summed E-state index contributed by atoms with van der Waals surface area (Å²) in [5.74, 6) is 0.459. The third-order valence-electron chi connectivity index (χ3n) is 3.65. The van der Waals surface area contributed by atoms with E-state index in [9.17, 15) is 13.2 Å². The molecule has 0 radical (unpaired) electrons. The van der Waals surface area contributed by atoms with Gasteiger partial charge in [-0.15, -0.1) is 18.3 Å². The molecule has 10 heteroatoms. The Kier molecular flexibility index (Phi) is 3.87. The zero-order valence-electron chi connectivity index (χ0n) is 13.6. The molecule has 0 bridgehead atoms. The number of hydrogen-bond acceptors (Lipinski definition) is 6. The van der Waals surface area contributed by atoms with Gasteiger partial charge in [-0.25, -0.2) is 14.6 Å². The second-order valence-electron chi connectivity index (χ2n) is 5.55. The number of nitrogen functional groups attached to an aromatic ring is 1. The Morgan fingerprint density at radius 2 is 1.74 bits per heavy atom. The maximum absolute atomic E-state index is 12.2. The van der Waals surface area contributed by atoms with Gasteiger partial charge in [0.05, 0.1) is 22.9 Å². The predicted molar refractivity (Wildman–Crippen MR) is 91.0 cm³/mol. The van der Waals surface area contributed by atoms with Crippen molar-refractivity contribution < 1.29 is 17.9 Å². The molecule has 0 saturated heterocycles. The lowest BCUT2D eigenvalue weighted by Gasteiger charge is -2.09. The molecule has 2 aromatic carbocycles. The number of nitrogens with two attached hydrogens (primary N) is 1.